The molecule has 18 heavy (non-hydrogen) atoms. The molecular formula is C14H9FO3. The van der Waals surface area contributed by atoms with E-state index in [1.54, 1.807) is 30.3 Å². The maximum absolute atomic E-state index is 13.1. The summed E-state index contributed by atoms with van der Waals surface area (Å²) in [5.74, 6) is -1.07. The predicted molar refractivity (Wildman–Crippen MR) is 63.2 cm³/mol. The molecule has 3 nitrogen and oxygen atoms in total. The quantitative estimate of drug-likeness (QED) is 0.473. The second kappa shape index (κ2) is 5.23. The fourth-order valence-corrected chi connectivity index (χ4v) is 1.42. The highest BCUT2D eigenvalue weighted by Gasteiger charge is 2.09. The van der Waals surface area contributed by atoms with Crippen LogP contribution in [0.5, 0.6) is 5.75 Å². The van der Waals surface area contributed by atoms with E-state index >= 15 is 0 Å². The van der Waals surface area contributed by atoms with Crippen molar-refractivity contribution in [1.29, 1.82) is 0 Å². The first-order valence-corrected chi connectivity index (χ1v) is 5.22. The number of ether oxygens (including phenoxy) is 1. The van der Waals surface area contributed by atoms with Crippen molar-refractivity contribution in [1.82, 2.24) is 0 Å². The van der Waals surface area contributed by atoms with Crippen LogP contribution in [0, 0.1) is 5.82 Å². The van der Waals surface area contributed by atoms with E-state index in [0.29, 0.717) is 11.8 Å². The van der Waals surface area contributed by atoms with Crippen LogP contribution in [0.15, 0.2) is 48.5 Å². The summed E-state index contributed by atoms with van der Waals surface area (Å²) in [5, 5.41) is 0. The average Bonchev–Trinajstić information content (AvgIpc) is 2.42. The zero-order chi connectivity index (χ0) is 13.0. The number of esters is 1. The molecule has 0 amide bonds. The minimum absolute atomic E-state index is 0.132. The Bertz CT molecular complexity index is 579. The molecule has 0 fully saturated rings. The molecule has 0 radical (unpaired) electrons. The van der Waals surface area contributed by atoms with Crippen molar-refractivity contribution in [3.05, 3.63) is 65.5 Å². The van der Waals surface area contributed by atoms with Gasteiger partial charge in [0.15, 0.2) is 6.29 Å². The largest absolute Gasteiger partial charge is 0.423 e. The molecule has 0 atom stereocenters. The third-order valence-corrected chi connectivity index (χ3v) is 2.31. The van der Waals surface area contributed by atoms with Crippen LogP contribution in [-0.4, -0.2) is 12.3 Å². The number of aldehydes is 1. The van der Waals surface area contributed by atoms with Crippen LogP contribution in [0.25, 0.3) is 0 Å². The van der Waals surface area contributed by atoms with E-state index in [4.69, 9.17) is 4.74 Å². The van der Waals surface area contributed by atoms with Crippen LogP contribution in [0.4, 0.5) is 4.39 Å². The van der Waals surface area contributed by atoms with Gasteiger partial charge in [0.2, 0.25) is 0 Å². The van der Waals surface area contributed by atoms with Gasteiger partial charge in [0.05, 0.1) is 11.1 Å². The van der Waals surface area contributed by atoms with Gasteiger partial charge in [-0.25, -0.2) is 9.18 Å². The van der Waals surface area contributed by atoms with Gasteiger partial charge in [-0.15, -0.1) is 0 Å². The first-order valence-electron chi connectivity index (χ1n) is 5.22. The Morgan fingerprint density at radius 1 is 1.11 bits per heavy atom. The lowest BCUT2D eigenvalue weighted by Gasteiger charge is -2.05. The average molecular weight is 244 g/mol. The molecule has 2 aromatic rings. The Morgan fingerprint density at radius 2 is 1.83 bits per heavy atom. The zero-order valence-electron chi connectivity index (χ0n) is 9.30. The van der Waals surface area contributed by atoms with Crippen molar-refractivity contribution < 1.29 is 18.7 Å². The van der Waals surface area contributed by atoms with Crippen molar-refractivity contribution in [3.8, 4) is 5.75 Å². The second-order valence-corrected chi connectivity index (χ2v) is 3.56. The van der Waals surface area contributed by atoms with Crippen molar-refractivity contribution >= 4 is 12.3 Å². The van der Waals surface area contributed by atoms with E-state index < -0.39 is 11.8 Å². The molecule has 0 bridgehead atoms. The van der Waals surface area contributed by atoms with Crippen LogP contribution >= 0.6 is 0 Å². The smallest absolute Gasteiger partial charge is 0.343 e. The van der Waals surface area contributed by atoms with Crippen LogP contribution < -0.4 is 4.74 Å². The summed E-state index contributed by atoms with van der Waals surface area (Å²) in [4.78, 5) is 22.2. The number of halogens is 1. The molecule has 0 aliphatic rings. The minimum Gasteiger partial charge on any atom is -0.423 e. The highest BCUT2D eigenvalue weighted by molar-refractivity contribution is 5.91. The molecule has 4 heteroatoms. The van der Waals surface area contributed by atoms with Crippen molar-refractivity contribution in [3.63, 3.8) is 0 Å². The Labute approximate surface area is 103 Å². The lowest BCUT2D eigenvalue weighted by atomic mass is 10.2. The molecule has 0 saturated heterocycles. The SMILES string of the molecule is O=Cc1cc(OC(=O)c2ccccc2)ccc1F. The number of carbonyl (C=O) groups is 2. The molecule has 0 saturated carbocycles. The van der Waals surface area contributed by atoms with E-state index in [1.807, 2.05) is 0 Å². The molecule has 0 aromatic heterocycles. The maximum atomic E-state index is 13.1. The number of carbonyl (C=O) groups excluding carboxylic acids is 2. The van der Waals surface area contributed by atoms with Crippen molar-refractivity contribution in [2.45, 2.75) is 0 Å². The number of rotatable bonds is 3. The van der Waals surface area contributed by atoms with E-state index in [2.05, 4.69) is 0 Å². The lowest BCUT2D eigenvalue weighted by Crippen LogP contribution is -2.08. The van der Waals surface area contributed by atoms with E-state index in [9.17, 15) is 14.0 Å². The zero-order valence-corrected chi connectivity index (χ0v) is 9.30. The molecule has 0 heterocycles. The van der Waals surface area contributed by atoms with Gasteiger partial charge < -0.3 is 4.74 Å². The third-order valence-electron chi connectivity index (χ3n) is 2.31. The first-order chi connectivity index (χ1) is 8.70. The van der Waals surface area contributed by atoms with Crippen LogP contribution in [0.3, 0.4) is 0 Å². The van der Waals surface area contributed by atoms with Crippen LogP contribution in [-0.2, 0) is 0 Å². The van der Waals surface area contributed by atoms with Gasteiger partial charge in [0, 0.05) is 0 Å². The number of benzene rings is 2. The van der Waals surface area contributed by atoms with E-state index in [-0.39, 0.29) is 11.3 Å². The molecule has 0 unspecified atom stereocenters. The highest BCUT2D eigenvalue weighted by Crippen LogP contribution is 2.17. The summed E-state index contributed by atoms with van der Waals surface area (Å²) >= 11 is 0. The molecule has 2 aromatic carbocycles. The van der Waals surface area contributed by atoms with Gasteiger partial charge in [-0.1, -0.05) is 18.2 Å². The normalized spacial score (nSPS) is 9.83. The summed E-state index contributed by atoms with van der Waals surface area (Å²) in [6.07, 6.45) is 0.370. The maximum Gasteiger partial charge on any atom is 0.343 e. The predicted octanol–water partition coefficient (Wildman–Crippen LogP) is 2.86. The first kappa shape index (κ1) is 12.0. The molecule has 0 aliphatic heterocycles. The van der Waals surface area contributed by atoms with Crippen LogP contribution in [0.1, 0.15) is 20.7 Å². The van der Waals surface area contributed by atoms with Gasteiger partial charge in [0.25, 0.3) is 0 Å². The summed E-state index contributed by atoms with van der Waals surface area (Å²) in [6.45, 7) is 0. The molecule has 2 rings (SSSR count). The van der Waals surface area contributed by atoms with Gasteiger partial charge in [-0.05, 0) is 30.3 Å². The summed E-state index contributed by atoms with van der Waals surface area (Å²) in [5.41, 5.74) is 0.239. The number of hydrogen-bond donors (Lipinski definition) is 0. The van der Waals surface area contributed by atoms with E-state index in [0.717, 1.165) is 6.07 Å². The fourth-order valence-electron chi connectivity index (χ4n) is 1.42. The summed E-state index contributed by atoms with van der Waals surface area (Å²) in [7, 11) is 0. The fraction of sp³-hybridized carbons (Fsp3) is 0. The van der Waals surface area contributed by atoms with Gasteiger partial charge in [-0.3, -0.25) is 4.79 Å². The molecule has 0 aliphatic carbocycles. The van der Waals surface area contributed by atoms with Crippen molar-refractivity contribution in [2.24, 2.45) is 0 Å². The Kier molecular flexibility index (Phi) is 3.48. The summed E-state index contributed by atoms with van der Waals surface area (Å²) < 4.78 is 18.1. The lowest BCUT2D eigenvalue weighted by molar-refractivity contribution is 0.0734. The number of hydrogen-bond acceptors (Lipinski definition) is 3. The summed E-state index contributed by atoms with van der Waals surface area (Å²) in [6, 6.07) is 12.0. The third kappa shape index (κ3) is 2.60. The molecule has 90 valence electrons. The second-order valence-electron chi connectivity index (χ2n) is 3.56. The topological polar surface area (TPSA) is 43.4 Å². The highest BCUT2D eigenvalue weighted by atomic mass is 19.1. The van der Waals surface area contributed by atoms with E-state index in [1.165, 1.54) is 12.1 Å². The monoisotopic (exact) mass is 244 g/mol. The van der Waals surface area contributed by atoms with Gasteiger partial charge in [0.1, 0.15) is 11.6 Å². The molecule has 0 N–H and O–H groups in total. The van der Waals surface area contributed by atoms with Gasteiger partial charge in [-0.2, -0.15) is 0 Å². The van der Waals surface area contributed by atoms with Crippen molar-refractivity contribution in [2.75, 3.05) is 0 Å². The van der Waals surface area contributed by atoms with Crippen LogP contribution in [0.2, 0.25) is 0 Å². The Balaban J connectivity index is 2.20. The standard InChI is InChI=1S/C14H9FO3/c15-13-7-6-12(8-11(13)9-16)18-14(17)10-4-2-1-3-5-10/h1-9H. The Hall–Kier alpha value is -2.49. The molecular weight excluding hydrogens is 235 g/mol. The minimum atomic E-state index is -0.649. The van der Waals surface area contributed by atoms with Gasteiger partial charge >= 0.3 is 5.97 Å². The Morgan fingerprint density at radius 3 is 2.50 bits per heavy atom. The molecule has 0 spiro atoms.